The molecule has 1 amide bonds. The van der Waals surface area contributed by atoms with E-state index in [2.05, 4.69) is 0 Å². The number of hydrogen-bond donors (Lipinski definition) is 0. The fraction of sp³-hybridized carbons (Fsp3) is 0.471. The van der Waals surface area contributed by atoms with Crippen molar-refractivity contribution in [2.45, 2.75) is 52.6 Å². The number of carbonyl (C=O) groups is 1. The lowest BCUT2D eigenvalue weighted by molar-refractivity contribution is -0.130. The van der Waals surface area contributed by atoms with Crippen LogP contribution in [0, 0.1) is 5.82 Å². The van der Waals surface area contributed by atoms with E-state index in [0.717, 1.165) is 12.8 Å². The number of amides is 1. The summed E-state index contributed by atoms with van der Waals surface area (Å²) in [7, 11) is 0. The molecule has 0 aliphatic rings. The van der Waals surface area contributed by atoms with Crippen LogP contribution in [0.2, 0.25) is 5.02 Å². The lowest BCUT2D eigenvalue weighted by atomic mass is 10.1. The van der Waals surface area contributed by atoms with Crippen molar-refractivity contribution in [3.8, 4) is 0 Å². The van der Waals surface area contributed by atoms with Gasteiger partial charge in [-0.2, -0.15) is 0 Å². The molecular formula is C17H23ClFNO. The molecule has 0 N–H and O–H groups in total. The monoisotopic (exact) mass is 311 g/mol. The fourth-order valence-electron chi connectivity index (χ4n) is 2.17. The van der Waals surface area contributed by atoms with E-state index in [1.165, 1.54) is 18.2 Å². The highest BCUT2D eigenvalue weighted by molar-refractivity contribution is 6.32. The van der Waals surface area contributed by atoms with Crippen LogP contribution in [0.15, 0.2) is 24.3 Å². The lowest BCUT2D eigenvalue weighted by Crippen LogP contribution is -2.43. The standard InChI is InChI=1S/C17H23ClFNO/c1-5-12(3)20(13(4)6-2)17(21)11-10-14-15(18)8-7-9-16(14)19/h7-13H,5-6H2,1-4H3/b11-10+. The topological polar surface area (TPSA) is 20.3 Å². The summed E-state index contributed by atoms with van der Waals surface area (Å²) < 4.78 is 13.7. The highest BCUT2D eigenvalue weighted by atomic mass is 35.5. The molecule has 21 heavy (non-hydrogen) atoms. The van der Waals surface area contributed by atoms with Gasteiger partial charge < -0.3 is 4.90 Å². The smallest absolute Gasteiger partial charge is 0.247 e. The quantitative estimate of drug-likeness (QED) is 0.683. The molecule has 0 spiro atoms. The third-order valence-electron chi connectivity index (χ3n) is 3.78. The summed E-state index contributed by atoms with van der Waals surface area (Å²) in [5.41, 5.74) is 0.251. The second kappa shape index (κ2) is 8.18. The Morgan fingerprint density at radius 2 is 1.86 bits per heavy atom. The lowest BCUT2D eigenvalue weighted by Gasteiger charge is -2.33. The molecular weight excluding hydrogens is 289 g/mol. The molecule has 1 aromatic carbocycles. The SMILES string of the molecule is CCC(C)N(C(=O)/C=C/c1c(F)cccc1Cl)C(C)CC. The number of hydrogen-bond acceptors (Lipinski definition) is 1. The molecule has 4 heteroatoms. The summed E-state index contributed by atoms with van der Waals surface area (Å²) in [5, 5.41) is 0.303. The van der Waals surface area contributed by atoms with Crippen LogP contribution in [0.4, 0.5) is 4.39 Å². The first-order valence-electron chi connectivity index (χ1n) is 7.36. The van der Waals surface area contributed by atoms with Crippen LogP contribution in [-0.2, 0) is 4.79 Å². The molecule has 0 bridgehead atoms. The Hall–Kier alpha value is -1.35. The van der Waals surface area contributed by atoms with Gasteiger partial charge >= 0.3 is 0 Å². The van der Waals surface area contributed by atoms with Crippen molar-refractivity contribution in [1.29, 1.82) is 0 Å². The largest absolute Gasteiger partial charge is 0.334 e. The van der Waals surface area contributed by atoms with E-state index in [9.17, 15) is 9.18 Å². The van der Waals surface area contributed by atoms with Gasteiger partial charge in [0, 0.05) is 23.7 Å². The van der Waals surface area contributed by atoms with Crippen LogP contribution in [-0.4, -0.2) is 22.9 Å². The van der Waals surface area contributed by atoms with Gasteiger partial charge in [0.2, 0.25) is 5.91 Å². The zero-order chi connectivity index (χ0) is 16.0. The normalized spacial score (nSPS) is 14.2. The summed E-state index contributed by atoms with van der Waals surface area (Å²) in [4.78, 5) is 14.3. The van der Waals surface area contributed by atoms with E-state index in [0.29, 0.717) is 5.02 Å². The van der Waals surface area contributed by atoms with Crippen molar-refractivity contribution in [3.05, 3.63) is 40.7 Å². The van der Waals surface area contributed by atoms with Crippen LogP contribution in [0.5, 0.6) is 0 Å². The summed E-state index contributed by atoms with van der Waals surface area (Å²) in [6.07, 6.45) is 4.62. The number of carbonyl (C=O) groups excluding carboxylic acids is 1. The molecule has 1 rings (SSSR count). The Morgan fingerprint density at radius 3 is 2.33 bits per heavy atom. The zero-order valence-electron chi connectivity index (χ0n) is 13.1. The molecule has 116 valence electrons. The zero-order valence-corrected chi connectivity index (χ0v) is 13.8. The maximum Gasteiger partial charge on any atom is 0.247 e. The van der Waals surface area contributed by atoms with E-state index in [1.54, 1.807) is 12.1 Å². The molecule has 2 unspecified atom stereocenters. The molecule has 0 fully saturated rings. The van der Waals surface area contributed by atoms with E-state index >= 15 is 0 Å². The Bertz CT molecular complexity index is 485. The number of benzene rings is 1. The van der Waals surface area contributed by atoms with Gasteiger partial charge in [-0.15, -0.1) is 0 Å². The Labute approximate surface area is 131 Å². The minimum absolute atomic E-state index is 0.113. The third kappa shape index (κ3) is 4.57. The van der Waals surface area contributed by atoms with Crippen LogP contribution in [0.3, 0.4) is 0 Å². The van der Waals surface area contributed by atoms with Gasteiger partial charge in [0.1, 0.15) is 5.82 Å². The molecule has 2 atom stereocenters. The summed E-state index contributed by atoms with van der Waals surface area (Å²) in [6, 6.07) is 4.77. The first-order chi connectivity index (χ1) is 9.92. The van der Waals surface area contributed by atoms with Crippen molar-refractivity contribution in [2.24, 2.45) is 0 Å². The predicted octanol–water partition coefficient (Wildman–Crippen LogP) is 4.92. The molecule has 1 aromatic rings. The third-order valence-corrected chi connectivity index (χ3v) is 4.11. The summed E-state index contributed by atoms with van der Waals surface area (Å²) in [5.74, 6) is -0.539. The second-order valence-corrected chi connectivity index (χ2v) is 5.64. The molecule has 0 aliphatic heterocycles. The maximum absolute atomic E-state index is 13.7. The molecule has 0 saturated heterocycles. The molecule has 0 aliphatic carbocycles. The molecule has 0 aromatic heterocycles. The van der Waals surface area contributed by atoms with Gasteiger partial charge in [-0.25, -0.2) is 4.39 Å². The van der Waals surface area contributed by atoms with Crippen LogP contribution < -0.4 is 0 Å². The van der Waals surface area contributed by atoms with Crippen LogP contribution in [0.1, 0.15) is 46.1 Å². The maximum atomic E-state index is 13.7. The predicted molar refractivity (Wildman–Crippen MR) is 86.8 cm³/mol. The number of halogens is 2. The van der Waals surface area contributed by atoms with Crippen molar-refractivity contribution in [1.82, 2.24) is 4.90 Å². The van der Waals surface area contributed by atoms with Gasteiger partial charge in [-0.3, -0.25) is 4.79 Å². The molecule has 0 heterocycles. The Balaban J connectivity index is 2.98. The van der Waals surface area contributed by atoms with Gasteiger partial charge in [0.15, 0.2) is 0 Å². The Kier molecular flexibility index (Phi) is 6.90. The summed E-state index contributed by atoms with van der Waals surface area (Å²) >= 11 is 5.96. The summed E-state index contributed by atoms with van der Waals surface area (Å²) in [6.45, 7) is 8.14. The first-order valence-corrected chi connectivity index (χ1v) is 7.74. The number of nitrogens with zero attached hydrogens (tertiary/aromatic N) is 1. The van der Waals surface area contributed by atoms with Gasteiger partial charge in [-0.05, 0) is 44.9 Å². The average Bonchev–Trinajstić information content (AvgIpc) is 2.46. The van der Waals surface area contributed by atoms with Gasteiger partial charge in [-0.1, -0.05) is 31.5 Å². The highest BCUT2D eigenvalue weighted by Gasteiger charge is 2.21. The van der Waals surface area contributed by atoms with Crippen molar-refractivity contribution >= 4 is 23.6 Å². The van der Waals surface area contributed by atoms with E-state index < -0.39 is 5.82 Å². The first kappa shape index (κ1) is 17.7. The van der Waals surface area contributed by atoms with Gasteiger partial charge in [0.05, 0.1) is 5.02 Å². The van der Waals surface area contributed by atoms with E-state index in [-0.39, 0.29) is 23.6 Å². The average molecular weight is 312 g/mol. The Morgan fingerprint density at radius 1 is 1.29 bits per heavy atom. The minimum Gasteiger partial charge on any atom is -0.334 e. The van der Waals surface area contributed by atoms with Gasteiger partial charge in [0.25, 0.3) is 0 Å². The van der Waals surface area contributed by atoms with Crippen molar-refractivity contribution < 1.29 is 9.18 Å². The molecule has 2 nitrogen and oxygen atoms in total. The van der Waals surface area contributed by atoms with E-state index in [1.807, 2.05) is 32.6 Å². The fourth-order valence-corrected chi connectivity index (χ4v) is 2.40. The van der Waals surface area contributed by atoms with Crippen molar-refractivity contribution in [3.63, 3.8) is 0 Å². The van der Waals surface area contributed by atoms with E-state index in [4.69, 9.17) is 11.6 Å². The number of rotatable bonds is 6. The van der Waals surface area contributed by atoms with Crippen molar-refractivity contribution in [2.75, 3.05) is 0 Å². The highest BCUT2D eigenvalue weighted by Crippen LogP contribution is 2.21. The minimum atomic E-state index is -0.426. The van der Waals surface area contributed by atoms with Crippen LogP contribution >= 0.6 is 11.6 Å². The van der Waals surface area contributed by atoms with Crippen LogP contribution in [0.25, 0.3) is 6.08 Å². The molecule has 0 radical (unpaired) electrons. The second-order valence-electron chi connectivity index (χ2n) is 5.23. The molecule has 0 saturated carbocycles.